The molecule has 1 aromatic heterocycles. The van der Waals surface area contributed by atoms with E-state index in [2.05, 4.69) is 5.10 Å². The Labute approximate surface area is 106 Å². The number of aryl methyl sites for hydroxylation is 2. The average molecular weight is 266 g/mol. The highest BCUT2D eigenvalue weighted by atomic mass is 32.2. The standard InChI is InChI=1S/C12H14N2O3S/c1-9-8-12(10(2)7-11(9)17-3)18(15,16)14-6-4-5-13-14/h4-8H,1-3H3. The minimum atomic E-state index is -3.62. The van der Waals surface area contributed by atoms with Crippen molar-refractivity contribution in [2.45, 2.75) is 18.7 Å². The molecule has 0 saturated heterocycles. The second-order valence-corrected chi connectivity index (χ2v) is 5.74. The van der Waals surface area contributed by atoms with E-state index in [0.717, 1.165) is 9.65 Å². The minimum absolute atomic E-state index is 0.240. The Hall–Kier alpha value is -1.82. The van der Waals surface area contributed by atoms with Crippen LogP contribution in [0.15, 0.2) is 35.5 Å². The molecule has 2 rings (SSSR count). The number of hydrogen-bond acceptors (Lipinski definition) is 4. The van der Waals surface area contributed by atoms with Gasteiger partial charge in [0.25, 0.3) is 10.0 Å². The number of ether oxygens (including phenoxy) is 1. The molecule has 0 aliphatic carbocycles. The Morgan fingerprint density at radius 1 is 1.22 bits per heavy atom. The summed E-state index contributed by atoms with van der Waals surface area (Å²) < 4.78 is 30.8. The highest BCUT2D eigenvalue weighted by Crippen LogP contribution is 2.26. The van der Waals surface area contributed by atoms with Gasteiger partial charge >= 0.3 is 0 Å². The quantitative estimate of drug-likeness (QED) is 0.849. The average Bonchev–Trinajstić information content (AvgIpc) is 2.85. The van der Waals surface area contributed by atoms with Gasteiger partial charge in [-0.2, -0.15) is 17.6 Å². The summed E-state index contributed by atoms with van der Waals surface area (Å²) in [6.07, 6.45) is 2.84. The highest BCUT2D eigenvalue weighted by molar-refractivity contribution is 7.89. The number of methoxy groups -OCH3 is 1. The van der Waals surface area contributed by atoms with Crippen molar-refractivity contribution in [3.8, 4) is 5.75 Å². The van der Waals surface area contributed by atoms with Crippen LogP contribution in [-0.4, -0.2) is 24.7 Å². The third-order valence-corrected chi connectivity index (χ3v) is 4.40. The topological polar surface area (TPSA) is 61.2 Å². The van der Waals surface area contributed by atoms with Crippen LogP contribution in [-0.2, 0) is 10.0 Å². The van der Waals surface area contributed by atoms with Crippen molar-refractivity contribution in [3.05, 3.63) is 41.7 Å². The lowest BCUT2D eigenvalue weighted by Crippen LogP contribution is -2.15. The Bertz CT molecular complexity index is 661. The number of rotatable bonds is 3. The molecule has 0 N–H and O–H groups in total. The van der Waals surface area contributed by atoms with E-state index in [1.54, 1.807) is 39.2 Å². The molecule has 0 saturated carbocycles. The van der Waals surface area contributed by atoms with Gasteiger partial charge < -0.3 is 4.74 Å². The molecule has 1 heterocycles. The van der Waals surface area contributed by atoms with Crippen molar-refractivity contribution in [2.75, 3.05) is 7.11 Å². The molecule has 96 valence electrons. The maximum atomic E-state index is 12.3. The second kappa shape index (κ2) is 4.45. The Kier molecular flexibility index (Phi) is 3.13. The Balaban J connectivity index is 2.63. The molecule has 18 heavy (non-hydrogen) atoms. The fraction of sp³-hybridized carbons (Fsp3) is 0.250. The molecule has 0 aliphatic rings. The highest BCUT2D eigenvalue weighted by Gasteiger charge is 2.20. The normalized spacial score (nSPS) is 11.5. The molecule has 0 bridgehead atoms. The van der Waals surface area contributed by atoms with Gasteiger partial charge in [0, 0.05) is 6.20 Å². The van der Waals surface area contributed by atoms with Gasteiger partial charge in [-0.05, 0) is 43.2 Å². The monoisotopic (exact) mass is 266 g/mol. The van der Waals surface area contributed by atoms with Crippen LogP contribution in [0.3, 0.4) is 0 Å². The first kappa shape index (κ1) is 12.6. The van der Waals surface area contributed by atoms with Gasteiger partial charge in [-0.15, -0.1) is 0 Å². The Morgan fingerprint density at radius 2 is 1.94 bits per heavy atom. The molecule has 0 aliphatic heterocycles. The van der Waals surface area contributed by atoms with Gasteiger partial charge in [0.05, 0.1) is 18.2 Å². The summed E-state index contributed by atoms with van der Waals surface area (Å²) in [5, 5.41) is 3.78. The largest absolute Gasteiger partial charge is 0.496 e. The smallest absolute Gasteiger partial charge is 0.283 e. The first-order chi connectivity index (χ1) is 8.46. The van der Waals surface area contributed by atoms with E-state index in [0.29, 0.717) is 11.3 Å². The van der Waals surface area contributed by atoms with Gasteiger partial charge in [-0.25, -0.2) is 0 Å². The van der Waals surface area contributed by atoms with Gasteiger partial charge in [0.15, 0.2) is 0 Å². The van der Waals surface area contributed by atoms with Crippen LogP contribution in [0.4, 0.5) is 0 Å². The van der Waals surface area contributed by atoms with Crippen LogP contribution in [0.1, 0.15) is 11.1 Å². The number of benzene rings is 1. The van der Waals surface area contributed by atoms with E-state index in [1.807, 2.05) is 0 Å². The molecule has 5 nitrogen and oxygen atoms in total. The van der Waals surface area contributed by atoms with E-state index in [9.17, 15) is 8.42 Å². The van der Waals surface area contributed by atoms with E-state index in [4.69, 9.17) is 4.74 Å². The van der Waals surface area contributed by atoms with Crippen molar-refractivity contribution >= 4 is 10.0 Å². The zero-order valence-electron chi connectivity index (χ0n) is 10.4. The maximum Gasteiger partial charge on any atom is 0.283 e. The zero-order chi connectivity index (χ0) is 13.3. The fourth-order valence-corrected chi connectivity index (χ4v) is 3.16. The first-order valence-electron chi connectivity index (χ1n) is 5.37. The van der Waals surface area contributed by atoms with Crippen molar-refractivity contribution in [2.24, 2.45) is 0 Å². The predicted molar refractivity (Wildman–Crippen MR) is 67.3 cm³/mol. The number of aromatic nitrogens is 2. The molecule has 0 fully saturated rings. The molecule has 2 aromatic rings. The second-order valence-electron chi connectivity index (χ2n) is 3.97. The molecule has 0 atom stereocenters. The van der Waals surface area contributed by atoms with E-state index < -0.39 is 10.0 Å². The summed E-state index contributed by atoms with van der Waals surface area (Å²) in [5.41, 5.74) is 1.40. The summed E-state index contributed by atoms with van der Waals surface area (Å²) >= 11 is 0. The third kappa shape index (κ3) is 1.99. The summed E-state index contributed by atoms with van der Waals surface area (Å²) in [5.74, 6) is 0.673. The molecular formula is C12H14N2O3S. The van der Waals surface area contributed by atoms with Crippen LogP contribution < -0.4 is 4.74 Å². The van der Waals surface area contributed by atoms with Crippen LogP contribution in [0.5, 0.6) is 5.75 Å². The lowest BCUT2D eigenvalue weighted by atomic mass is 10.1. The van der Waals surface area contributed by atoms with Crippen molar-refractivity contribution in [1.29, 1.82) is 0 Å². The van der Waals surface area contributed by atoms with E-state index in [1.165, 1.54) is 12.4 Å². The maximum absolute atomic E-state index is 12.3. The summed E-state index contributed by atoms with van der Waals surface area (Å²) in [6, 6.07) is 4.89. The van der Waals surface area contributed by atoms with Gasteiger partial charge in [-0.1, -0.05) is 0 Å². The SMILES string of the molecule is COc1cc(C)c(S(=O)(=O)n2cccn2)cc1C. The van der Waals surface area contributed by atoms with Crippen LogP contribution in [0.25, 0.3) is 0 Å². The molecule has 0 radical (unpaired) electrons. The van der Waals surface area contributed by atoms with Gasteiger partial charge in [-0.3, -0.25) is 0 Å². The van der Waals surface area contributed by atoms with Crippen LogP contribution >= 0.6 is 0 Å². The van der Waals surface area contributed by atoms with Crippen LogP contribution in [0.2, 0.25) is 0 Å². The van der Waals surface area contributed by atoms with Crippen molar-refractivity contribution in [1.82, 2.24) is 9.19 Å². The van der Waals surface area contributed by atoms with Crippen molar-refractivity contribution < 1.29 is 13.2 Å². The summed E-state index contributed by atoms with van der Waals surface area (Å²) in [4.78, 5) is 0.240. The van der Waals surface area contributed by atoms with Gasteiger partial charge in [0.2, 0.25) is 0 Å². The molecule has 0 amide bonds. The first-order valence-corrected chi connectivity index (χ1v) is 6.81. The summed E-state index contributed by atoms with van der Waals surface area (Å²) in [7, 11) is -2.06. The van der Waals surface area contributed by atoms with Crippen molar-refractivity contribution in [3.63, 3.8) is 0 Å². The lowest BCUT2D eigenvalue weighted by Gasteiger charge is -2.11. The third-order valence-electron chi connectivity index (χ3n) is 2.70. The molecule has 0 unspecified atom stereocenters. The predicted octanol–water partition coefficient (Wildman–Crippen LogP) is 1.75. The summed E-state index contributed by atoms with van der Waals surface area (Å²) in [6.45, 7) is 3.54. The minimum Gasteiger partial charge on any atom is -0.496 e. The molecule has 0 spiro atoms. The molecule has 1 aromatic carbocycles. The van der Waals surface area contributed by atoms with E-state index in [-0.39, 0.29) is 4.90 Å². The molecule has 6 heteroatoms. The van der Waals surface area contributed by atoms with E-state index >= 15 is 0 Å². The Morgan fingerprint density at radius 3 is 2.50 bits per heavy atom. The van der Waals surface area contributed by atoms with Gasteiger partial charge in [0.1, 0.15) is 5.75 Å². The van der Waals surface area contributed by atoms with Crippen LogP contribution in [0, 0.1) is 13.8 Å². The zero-order valence-corrected chi connectivity index (χ0v) is 11.2. The number of hydrogen-bond donors (Lipinski definition) is 0. The fourth-order valence-electron chi connectivity index (χ4n) is 1.76. The molecular weight excluding hydrogens is 252 g/mol. The lowest BCUT2D eigenvalue weighted by molar-refractivity contribution is 0.411. The number of nitrogens with zero attached hydrogens (tertiary/aromatic N) is 2.